The Bertz CT molecular complexity index is 1900. The Kier molecular flexibility index (Phi) is 7.27. The van der Waals surface area contributed by atoms with Crippen LogP contribution in [-0.4, -0.2) is 66.8 Å². The molecule has 0 radical (unpaired) electrons. The number of para-hydroxylation sites is 1. The molecule has 7 rings (SSSR count). The first-order chi connectivity index (χ1) is 21.7. The lowest BCUT2D eigenvalue weighted by Crippen LogP contribution is -2.42. The maximum Gasteiger partial charge on any atom is 0.269 e. The Morgan fingerprint density at radius 3 is 2.57 bits per heavy atom. The molecule has 0 saturated carbocycles. The van der Waals surface area contributed by atoms with Gasteiger partial charge in [0.2, 0.25) is 11.6 Å². The van der Waals surface area contributed by atoms with Crippen molar-refractivity contribution < 1.29 is 27.1 Å². The van der Waals surface area contributed by atoms with Gasteiger partial charge in [0.1, 0.15) is 12.3 Å². The van der Waals surface area contributed by atoms with Crippen LogP contribution < -0.4 is 10.2 Å². The third kappa shape index (κ3) is 4.90. The van der Waals surface area contributed by atoms with E-state index < -0.39 is 15.4 Å². The van der Waals surface area contributed by atoms with Crippen LogP contribution in [-0.2, 0) is 36.9 Å². The molecule has 5 aliphatic rings. The van der Waals surface area contributed by atoms with Crippen molar-refractivity contribution in [2.75, 3.05) is 25.0 Å². The van der Waals surface area contributed by atoms with Crippen molar-refractivity contribution in [1.82, 2.24) is 5.32 Å². The largest absolute Gasteiger partial charge is 0.365 e. The minimum absolute atomic E-state index is 0.0566. The second-order valence-corrected chi connectivity index (χ2v) is 16.4. The third-order valence-corrected chi connectivity index (χ3v) is 12.0. The van der Waals surface area contributed by atoms with Crippen molar-refractivity contribution in [2.45, 2.75) is 88.6 Å². The smallest absolute Gasteiger partial charge is 0.269 e. The van der Waals surface area contributed by atoms with Crippen LogP contribution in [0.5, 0.6) is 0 Å². The first-order valence-corrected chi connectivity index (χ1v) is 17.9. The van der Waals surface area contributed by atoms with Gasteiger partial charge in [-0.3, -0.25) is 9.35 Å². The Balaban J connectivity index is 1.21. The van der Waals surface area contributed by atoms with Crippen molar-refractivity contribution in [2.24, 2.45) is 0 Å². The topological polar surface area (TPSA) is 99.0 Å². The third-order valence-electron chi connectivity index (χ3n) is 10.8. The number of carbonyl (C=O) groups excluding carboxylic acids is 1. The molecule has 3 atom stereocenters. The lowest BCUT2D eigenvalue weighted by molar-refractivity contribution is -0.402. The predicted octanol–water partition coefficient (Wildman–Crippen LogP) is 5.50. The van der Waals surface area contributed by atoms with E-state index >= 15 is 0 Å². The van der Waals surface area contributed by atoms with Gasteiger partial charge in [-0.05, 0) is 75.0 Å². The number of fused-ring (bicyclic) bond motifs is 6. The minimum atomic E-state index is -4.20. The Morgan fingerprint density at radius 2 is 1.83 bits per heavy atom. The van der Waals surface area contributed by atoms with Crippen molar-refractivity contribution in [1.29, 1.82) is 0 Å². The maximum atomic E-state index is 12.7. The lowest BCUT2D eigenvalue weighted by Gasteiger charge is -2.42. The molecule has 8 nitrogen and oxygen atoms in total. The van der Waals surface area contributed by atoms with Gasteiger partial charge in [-0.25, -0.2) is 0 Å². The monoisotopic (exact) mass is 642 g/mol. The van der Waals surface area contributed by atoms with E-state index in [1.54, 1.807) is 0 Å². The molecule has 1 aliphatic carbocycles. The van der Waals surface area contributed by atoms with Gasteiger partial charge >= 0.3 is 0 Å². The molecule has 46 heavy (non-hydrogen) atoms. The fourth-order valence-corrected chi connectivity index (χ4v) is 8.77. The summed E-state index contributed by atoms with van der Waals surface area (Å²) in [6.45, 7) is 11.3. The summed E-state index contributed by atoms with van der Waals surface area (Å²) in [7, 11) is -2.01. The van der Waals surface area contributed by atoms with Crippen LogP contribution in [0.3, 0.4) is 0 Å². The number of rotatable bonds is 6. The Labute approximate surface area is 272 Å². The SMILES string of the molecule is CC(CNC(=O)Cc1ccc2c(c1)C(C)(C)C1=C3C=C4C=C(C5=[N+](C)c6ccccc6C5(C)C)CCC4OC3CCN12)S(=O)(=O)O. The van der Waals surface area contributed by atoms with Crippen LogP contribution in [0.2, 0.25) is 0 Å². The minimum Gasteiger partial charge on any atom is -0.365 e. The molecule has 4 aliphatic heterocycles. The van der Waals surface area contributed by atoms with Crippen molar-refractivity contribution in [3.8, 4) is 0 Å². The molecule has 242 valence electrons. The molecular formula is C37H44N3O5S+. The molecule has 4 heterocycles. The van der Waals surface area contributed by atoms with Crippen LogP contribution in [0.15, 0.2) is 77.0 Å². The molecule has 0 fully saturated rings. The summed E-state index contributed by atoms with van der Waals surface area (Å²) in [5, 5.41) is 1.58. The lowest BCUT2D eigenvalue weighted by atomic mass is 9.74. The average molecular weight is 643 g/mol. The van der Waals surface area contributed by atoms with E-state index in [2.05, 4.69) is 98.1 Å². The van der Waals surface area contributed by atoms with E-state index in [9.17, 15) is 17.8 Å². The zero-order valence-corrected chi connectivity index (χ0v) is 28.4. The van der Waals surface area contributed by atoms with Crippen molar-refractivity contribution in [3.05, 3.63) is 93.7 Å². The molecule has 1 amide bonds. The van der Waals surface area contributed by atoms with Gasteiger partial charge < -0.3 is 15.0 Å². The Hall–Kier alpha value is -3.53. The van der Waals surface area contributed by atoms with Gasteiger partial charge in [0.05, 0.1) is 24.0 Å². The summed E-state index contributed by atoms with van der Waals surface area (Å²) in [5.74, 6) is -0.278. The van der Waals surface area contributed by atoms with Crippen LogP contribution in [0, 0.1) is 0 Å². The molecule has 0 bridgehead atoms. The van der Waals surface area contributed by atoms with Gasteiger partial charge in [-0.2, -0.15) is 13.0 Å². The van der Waals surface area contributed by atoms with E-state index in [-0.39, 0.29) is 41.9 Å². The zero-order chi connectivity index (χ0) is 32.8. The van der Waals surface area contributed by atoms with E-state index in [4.69, 9.17) is 4.74 Å². The highest BCUT2D eigenvalue weighted by Crippen LogP contribution is 2.53. The molecule has 9 heteroatoms. The predicted molar refractivity (Wildman–Crippen MR) is 181 cm³/mol. The van der Waals surface area contributed by atoms with Crippen molar-refractivity contribution in [3.63, 3.8) is 0 Å². The van der Waals surface area contributed by atoms with Crippen LogP contribution >= 0.6 is 0 Å². The molecule has 2 aromatic rings. The number of hydrogen-bond acceptors (Lipinski definition) is 5. The number of benzene rings is 2. The van der Waals surface area contributed by atoms with E-state index in [1.165, 1.54) is 51.9 Å². The number of anilines is 1. The number of allylic oxidation sites excluding steroid dienone is 2. The first kappa shape index (κ1) is 31.1. The van der Waals surface area contributed by atoms with E-state index in [0.29, 0.717) is 0 Å². The number of hydrogen-bond donors (Lipinski definition) is 2. The standard InChI is InChI=1S/C37H43N3O5S/c1-22(46(42,43)44)21-38-33(41)18-23-11-13-30-28(17-23)37(4,5)35-26-20-25-19-24(12-14-31(25)45-32(26)15-16-40(30)35)34-36(2,3)27-9-7-8-10-29(27)39(34)6/h7-11,13,17,19-20,22,31-32H,12,14-16,18,21H2,1-6H3,(H-,38,41,42,43,44)/p+1. The number of amides is 1. The molecule has 0 saturated heterocycles. The fraction of sp³-hybridized carbons (Fsp3) is 0.459. The number of nitrogens with one attached hydrogen (secondary N) is 1. The zero-order valence-electron chi connectivity index (χ0n) is 27.6. The van der Waals surface area contributed by atoms with Gasteiger partial charge in [0.25, 0.3) is 10.1 Å². The summed E-state index contributed by atoms with van der Waals surface area (Å²) < 4.78 is 41.1. The fourth-order valence-electron chi connectivity index (χ4n) is 8.48. The number of carbonyl (C=O) groups is 1. The van der Waals surface area contributed by atoms with Crippen LogP contribution in [0.1, 0.15) is 70.6 Å². The average Bonchev–Trinajstić information content (AvgIpc) is 3.36. The van der Waals surface area contributed by atoms with Crippen molar-refractivity contribution >= 4 is 33.1 Å². The summed E-state index contributed by atoms with van der Waals surface area (Å²) >= 11 is 0. The van der Waals surface area contributed by atoms with E-state index in [0.717, 1.165) is 37.1 Å². The van der Waals surface area contributed by atoms with E-state index in [1.807, 2.05) is 6.07 Å². The van der Waals surface area contributed by atoms with Crippen LogP contribution in [0.4, 0.5) is 11.4 Å². The van der Waals surface area contributed by atoms with Gasteiger partial charge in [0.15, 0.2) is 5.71 Å². The molecule has 3 unspecified atom stereocenters. The normalized spacial score (nSPS) is 24.7. The Morgan fingerprint density at radius 1 is 1.07 bits per heavy atom. The van der Waals surface area contributed by atoms with Gasteiger partial charge in [-0.15, -0.1) is 0 Å². The van der Waals surface area contributed by atoms with Gasteiger partial charge in [0, 0.05) is 52.7 Å². The molecule has 2 N–H and O–H groups in total. The molecule has 0 spiro atoms. The second-order valence-electron chi connectivity index (χ2n) is 14.5. The number of nitrogens with zero attached hydrogens (tertiary/aromatic N) is 2. The highest BCUT2D eigenvalue weighted by molar-refractivity contribution is 7.86. The molecular weight excluding hydrogens is 598 g/mol. The number of ether oxygens (including phenoxy) is 1. The summed E-state index contributed by atoms with van der Waals surface area (Å²) in [4.78, 5) is 15.1. The molecule has 2 aromatic carbocycles. The second kappa shape index (κ2) is 10.8. The highest BCUT2D eigenvalue weighted by atomic mass is 32.2. The maximum absolute atomic E-state index is 12.7. The first-order valence-electron chi connectivity index (χ1n) is 16.3. The van der Waals surface area contributed by atoms with Crippen LogP contribution in [0.25, 0.3) is 0 Å². The summed E-state index contributed by atoms with van der Waals surface area (Å²) in [5.41, 5.74) is 12.0. The van der Waals surface area contributed by atoms with Gasteiger partial charge in [-0.1, -0.05) is 44.2 Å². The summed E-state index contributed by atoms with van der Waals surface area (Å²) in [6, 6.07) is 14.9. The summed E-state index contributed by atoms with van der Waals surface area (Å²) in [6.07, 6.45) is 7.98. The highest BCUT2D eigenvalue weighted by Gasteiger charge is 2.49. The molecule has 0 aromatic heterocycles. The quantitative estimate of drug-likeness (QED) is 0.319.